The topological polar surface area (TPSA) is 96.2 Å². The summed E-state index contributed by atoms with van der Waals surface area (Å²) in [6.45, 7) is 1.76. The highest BCUT2D eigenvalue weighted by atomic mass is 35.5. The molecule has 0 aliphatic carbocycles. The third kappa shape index (κ3) is 4.98. The summed E-state index contributed by atoms with van der Waals surface area (Å²) in [5.74, 6) is 1.02. The molecule has 0 N–H and O–H groups in total. The van der Waals surface area contributed by atoms with E-state index in [1.54, 1.807) is 49.2 Å². The predicted octanol–water partition coefficient (Wildman–Crippen LogP) is 3.43. The fraction of sp³-hybridized carbons (Fsp3) is 0.118. The van der Waals surface area contributed by atoms with Gasteiger partial charge in [-0.25, -0.2) is 10.7 Å². The van der Waals surface area contributed by atoms with Gasteiger partial charge in [-0.05, 0) is 30.7 Å². The number of halogens is 1. The number of esters is 1. The van der Waals surface area contributed by atoms with Crippen LogP contribution in [0.15, 0.2) is 47.6 Å². The smallest absolute Gasteiger partial charge is 0.348 e. The molecule has 0 aromatic heterocycles. The van der Waals surface area contributed by atoms with Gasteiger partial charge in [0.1, 0.15) is 17.7 Å². The van der Waals surface area contributed by atoms with E-state index in [9.17, 15) is 4.79 Å². The van der Waals surface area contributed by atoms with E-state index in [2.05, 4.69) is 0 Å². The molecule has 0 fully saturated rings. The van der Waals surface area contributed by atoms with Crippen LogP contribution in [0, 0.1) is 22.7 Å². The third-order valence-corrected chi connectivity index (χ3v) is 2.93. The Morgan fingerprint density at radius 1 is 1.26 bits per heavy atom. The molecule has 1 aromatic carbocycles. The molecule has 0 heterocycles. The minimum atomic E-state index is -0.767. The van der Waals surface area contributed by atoms with Gasteiger partial charge in [-0.3, -0.25) is 0 Å². The SMILES string of the molecule is CCOC(=O)C(C#N)=CC=C(C(=C=[N-])C#N)c1ccc(Cl)cc1. The van der Waals surface area contributed by atoms with Crippen molar-refractivity contribution in [2.75, 3.05) is 6.61 Å². The number of nitriles is 2. The Hall–Kier alpha value is -3.11. The summed E-state index contributed by atoms with van der Waals surface area (Å²) in [6, 6.07) is 9.99. The Morgan fingerprint density at radius 3 is 2.39 bits per heavy atom. The van der Waals surface area contributed by atoms with Crippen LogP contribution in [0.1, 0.15) is 12.5 Å². The van der Waals surface area contributed by atoms with Crippen molar-refractivity contribution in [3.05, 3.63) is 63.6 Å². The molecule has 0 atom stereocenters. The number of hydrogen-bond donors (Lipinski definition) is 0. The van der Waals surface area contributed by atoms with Crippen LogP contribution in [0.4, 0.5) is 0 Å². The van der Waals surface area contributed by atoms with Crippen molar-refractivity contribution in [1.82, 2.24) is 0 Å². The van der Waals surface area contributed by atoms with Crippen LogP contribution in [0.5, 0.6) is 0 Å². The number of benzene rings is 1. The van der Waals surface area contributed by atoms with Crippen molar-refractivity contribution in [3.8, 4) is 12.1 Å². The summed E-state index contributed by atoms with van der Waals surface area (Å²) in [5, 5.41) is 27.6. The molecule has 0 saturated carbocycles. The lowest BCUT2D eigenvalue weighted by atomic mass is 9.98. The molecule has 0 aliphatic rings. The summed E-state index contributed by atoms with van der Waals surface area (Å²) in [5.41, 5.74) is 0.465. The van der Waals surface area contributed by atoms with Gasteiger partial charge in [0.2, 0.25) is 0 Å². The summed E-state index contributed by atoms with van der Waals surface area (Å²) in [7, 11) is 0. The molecular weight excluding hydrogens is 314 g/mol. The molecule has 0 spiro atoms. The average molecular weight is 325 g/mol. The molecular formula is C17H11ClN3O2-. The maximum absolute atomic E-state index is 11.6. The molecule has 1 aromatic rings. The van der Waals surface area contributed by atoms with Gasteiger partial charge >= 0.3 is 5.97 Å². The van der Waals surface area contributed by atoms with Crippen molar-refractivity contribution in [2.45, 2.75) is 6.92 Å². The third-order valence-electron chi connectivity index (χ3n) is 2.68. The molecule has 0 bridgehead atoms. The van der Waals surface area contributed by atoms with Crippen LogP contribution >= 0.6 is 11.6 Å². The van der Waals surface area contributed by atoms with Gasteiger partial charge in [-0.1, -0.05) is 29.8 Å². The number of carbonyl (C=O) groups is 1. The second-order valence-electron chi connectivity index (χ2n) is 4.10. The van der Waals surface area contributed by atoms with Gasteiger partial charge in [0, 0.05) is 10.6 Å². The average Bonchev–Trinajstić information content (AvgIpc) is 2.56. The first kappa shape index (κ1) is 17.9. The van der Waals surface area contributed by atoms with Crippen LogP contribution in [-0.4, -0.2) is 18.4 Å². The fourth-order valence-electron chi connectivity index (χ4n) is 1.63. The molecule has 23 heavy (non-hydrogen) atoms. The first-order chi connectivity index (χ1) is 11.1. The van der Waals surface area contributed by atoms with E-state index in [1.165, 1.54) is 12.2 Å². The molecule has 0 aliphatic heterocycles. The van der Waals surface area contributed by atoms with E-state index in [0.29, 0.717) is 10.6 Å². The minimum absolute atomic E-state index is 0.138. The van der Waals surface area contributed by atoms with Gasteiger partial charge in [0.05, 0.1) is 12.2 Å². The van der Waals surface area contributed by atoms with Gasteiger partial charge < -0.3 is 10.1 Å². The first-order valence-corrected chi connectivity index (χ1v) is 6.87. The number of carbonyl (C=O) groups excluding carboxylic acids is 1. The zero-order valence-corrected chi connectivity index (χ0v) is 13.0. The highest BCUT2D eigenvalue weighted by Gasteiger charge is 2.10. The monoisotopic (exact) mass is 324 g/mol. The van der Waals surface area contributed by atoms with E-state index in [1.807, 2.05) is 0 Å². The Labute approximate surface area is 138 Å². The molecule has 0 saturated heterocycles. The number of ether oxygens (including phenoxy) is 1. The second-order valence-corrected chi connectivity index (χ2v) is 4.53. The molecule has 114 valence electrons. The quantitative estimate of drug-likeness (QED) is 0.272. The van der Waals surface area contributed by atoms with Gasteiger partial charge in [-0.2, -0.15) is 10.5 Å². The number of allylic oxidation sites excluding steroid dienone is 4. The molecule has 5 nitrogen and oxygen atoms in total. The summed E-state index contributed by atoms with van der Waals surface area (Å²) < 4.78 is 4.75. The largest absolute Gasteiger partial charge is 0.762 e. The fourth-order valence-corrected chi connectivity index (χ4v) is 1.75. The maximum Gasteiger partial charge on any atom is 0.348 e. The van der Waals surface area contributed by atoms with Gasteiger partial charge in [0.15, 0.2) is 0 Å². The number of hydrogen-bond acceptors (Lipinski definition) is 4. The van der Waals surface area contributed by atoms with E-state index >= 15 is 0 Å². The lowest BCUT2D eigenvalue weighted by molar-refractivity contribution is -0.138. The van der Waals surface area contributed by atoms with Crippen molar-refractivity contribution in [1.29, 1.82) is 10.5 Å². The van der Waals surface area contributed by atoms with E-state index < -0.39 is 5.97 Å². The molecule has 1 rings (SSSR count). The normalized spacial score (nSPS) is 11.0. The van der Waals surface area contributed by atoms with Crippen molar-refractivity contribution in [2.24, 2.45) is 0 Å². The van der Waals surface area contributed by atoms with Crippen LogP contribution in [-0.2, 0) is 9.53 Å². The van der Waals surface area contributed by atoms with E-state index in [0.717, 1.165) is 0 Å². The van der Waals surface area contributed by atoms with Crippen LogP contribution < -0.4 is 0 Å². The Kier molecular flexibility index (Phi) is 7.04. The van der Waals surface area contributed by atoms with Crippen LogP contribution in [0.3, 0.4) is 0 Å². The zero-order valence-electron chi connectivity index (χ0n) is 12.2. The van der Waals surface area contributed by atoms with E-state index in [-0.39, 0.29) is 23.3 Å². The number of rotatable bonds is 5. The lowest BCUT2D eigenvalue weighted by Gasteiger charge is -2.06. The number of nitrogens with zero attached hydrogens (tertiary/aromatic N) is 3. The predicted molar refractivity (Wildman–Crippen MR) is 87.3 cm³/mol. The zero-order chi connectivity index (χ0) is 17.2. The van der Waals surface area contributed by atoms with Crippen LogP contribution in [0.25, 0.3) is 11.0 Å². The minimum Gasteiger partial charge on any atom is -0.762 e. The summed E-state index contributed by atoms with van der Waals surface area (Å²) in [6.07, 6.45) is 2.58. The molecule has 6 heteroatoms. The molecule has 0 unspecified atom stereocenters. The summed E-state index contributed by atoms with van der Waals surface area (Å²) >= 11 is 5.82. The first-order valence-electron chi connectivity index (χ1n) is 6.50. The van der Waals surface area contributed by atoms with Crippen LogP contribution in [0.2, 0.25) is 5.02 Å². The highest BCUT2D eigenvalue weighted by Crippen LogP contribution is 2.23. The Bertz CT molecular complexity index is 787. The van der Waals surface area contributed by atoms with Crippen molar-refractivity contribution >= 4 is 29.0 Å². The Morgan fingerprint density at radius 2 is 1.91 bits per heavy atom. The molecule has 0 radical (unpaired) electrons. The summed E-state index contributed by atoms with van der Waals surface area (Å²) in [4.78, 5) is 11.6. The molecule has 0 amide bonds. The van der Waals surface area contributed by atoms with Gasteiger partial charge in [0.25, 0.3) is 0 Å². The lowest BCUT2D eigenvalue weighted by Crippen LogP contribution is -2.05. The van der Waals surface area contributed by atoms with E-state index in [4.69, 9.17) is 32.3 Å². The maximum atomic E-state index is 11.6. The highest BCUT2D eigenvalue weighted by molar-refractivity contribution is 6.30. The standard InChI is InChI=1S/C17H11ClN3O2/c1-2-23-17(22)13(9-19)5-8-16(14(10-20)11-21)12-3-6-15(18)7-4-12/h3-8H,2H2,1H3/q-1. The van der Waals surface area contributed by atoms with Crippen molar-refractivity contribution in [3.63, 3.8) is 0 Å². The second kappa shape index (κ2) is 9.02. The Balaban J connectivity index is 3.38. The van der Waals surface area contributed by atoms with Crippen molar-refractivity contribution < 1.29 is 9.53 Å². The van der Waals surface area contributed by atoms with Gasteiger partial charge in [-0.15, -0.1) is 0 Å².